The van der Waals surface area contributed by atoms with E-state index in [4.69, 9.17) is 18.9 Å². The van der Waals surface area contributed by atoms with E-state index in [1.807, 2.05) is 21.8 Å². The Hall–Kier alpha value is -7.00. The van der Waals surface area contributed by atoms with Gasteiger partial charge in [-0.05, 0) is 123 Å². The third-order valence-corrected chi connectivity index (χ3v) is 18.3. The van der Waals surface area contributed by atoms with Crippen molar-refractivity contribution in [3.05, 3.63) is 129 Å². The Kier molecular flexibility index (Phi) is 14.5. The Bertz CT molecular complexity index is 3330. The highest BCUT2D eigenvalue weighted by atomic mass is 32.2. The number of benzene rings is 4. The summed E-state index contributed by atoms with van der Waals surface area (Å²) in [4.78, 5) is 40.1. The number of nitro benzene ring substituents is 1. The normalized spacial score (nSPS) is 21.7. The molecule has 2 saturated heterocycles. The molecule has 0 radical (unpaired) electrons. The molecule has 2 saturated carbocycles. The number of hydrogen-bond donors (Lipinski definition) is 4. The number of hydrogen-bond acceptors (Lipinski definition) is 15. The number of nitro groups is 1. The van der Waals surface area contributed by atoms with Gasteiger partial charge in [0.25, 0.3) is 21.6 Å². The number of carbonyl (C=O) groups is 1. The monoisotopic (exact) mass is 1090 g/mol. The molecule has 18 nitrogen and oxygen atoms in total. The van der Waals surface area contributed by atoms with Crippen LogP contribution in [0.3, 0.4) is 0 Å². The highest BCUT2D eigenvalue weighted by Gasteiger charge is 2.50. The van der Waals surface area contributed by atoms with Crippen LogP contribution in [0, 0.1) is 27.3 Å². The Balaban J connectivity index is 0.814. The lowest BCUT2D eigenvalue weighted by Crippen LogP contribution is -2.60. The summed E-state index contributed by atoms with van der Waals surface area (Å²) >= 11 is 0. The Labute approximate surface area is 453 Å². The molecular weight excluding hydrogens is 1020 g/mol. The number of aromatic amines is 1. The number of pyridine rings is 1. The number of sulfonamides is 1. The molecule has 0 bridgehead atoms. The van der Waals surface area contributed by atoms with E-state index in [0.29, 0.717) is 68.3 Å². The zero-order valence-electron chi connectivity index (χ0n) is 44.4. The number of nitrogens with zero attached hydrogens (tertiary/aromatic N) is 5. The first-order valence-corrected chi connectivity index (χ1v) is 28.5. The molecule has 6 aromatic rings. The maximum Gasteiger partial charge on any atom is 0.297 e. The molecule has 412 valence electrons. The van der Waals surface area contributed by atoms with Crippen LogP contribution in [0.15, 0.2) is 96.2 Å². The molecule has 5 aliphatic rings. The lowest BCUT2D eigenvalue weighted by molar-refractivity contribution is -0.384. The van der Waals surface area contributed by atoms with Crippen molar-refractivity contribution in [1.82, 2.24) is 24.5 Å². The van der Waals surface area contributed by atoms with Gasteiger partial charge in [0.05, 0.1) is 35.1 Å². The Morgan fingerprint density at radius 1 is 0.974 bits per heavy atom. The first kappa shape index (κ1) is 53.0. The van der Waals surface area contributed by atoms with E-state index in [2.05, 4.69) is 75.3 Å². The zero-order valence-corrected chi connectivity index (χ0v) is 45.2. The maximum atomic E-state index is 16.7. The van der Waals surface area contributed by atoms with Gasteiger partial charge in [0.2, 0.25) is 6.79 Å². The molecule has 4 fully saturated rings. The maximum absolute atomic E-state index is 16.7. The van der Waals surface area contributed by atoms with Crippen LogP contribution in [-0.4, -0.2) is 109 Å². The van der Waals surface area contributed by atoms with Gasteiger partial charge < -0.3 is 39.3 Å². The number of rotatable bonds is 16. The van der Waals surface area contributed by atoms with Crippen molar-refractivity contribution >= 4 is 44.0 Å². The van der Waals surface area contributed by atoms with Crippen molar-refractivity contribution in [1.29, 1.82) is 0 Å². The van der Waals surface area contributed by atoms with E-state index in [9.17, 15) is 28.4 Å². The molecule has 2 aliphatic carbocycles. The van der Waals surface area contributed by atoms with E-state index in [1.54, 1.807) is 32.4 Å². The van der Waals surface area contributed by atoms with Crippen LogP contribution in [0.25, 0.3) is 11.0 Å². The fourth-order valence-corrected chi connectivity index (χ4v) is 13.6. The van der Waals surface area contributed by atoms with Crippen LogP contribution in [0.4, 0.5) is 21.5 Å². The topological polar surface area (TPSA) is 214 Å². The molecule has 3 aliphatic heterocycles. The molecule has 20 heteroatoms. The molecule has 4 N–H and O–H groups in total. The van der Waals surface area contributed by atoms with Gasteiger partial charge in [0.1, 0.15) is 33.6 Å². The standard InChI is InChI=1S/C58H67FN8O10S/c1-36(2)43-7-5-6-8-44(43)49-34-64(33-38-9-11-41(74-4)12-10-38)23-24-66(49)40-29-58(30-40)18-21-65(22-19-58)47-27-50(77-42-25-39-15-20-60-55(39)62-32-42)45(26-46(47)59)56(68)63-78(72,73)51-28-48(67(70)71)52(54-53(51)75-35-76-54)61-31-37-13-16-57(3,69)17-14-37/h5-12,15,20,25-28,32,36-37,40,49,61,69H,13-14,16-19,21-24,29-31,33-35H2,1-4H3,(H,60,62)(H,63,68)/t37?,49-,57?/m0/s1. The van der Waals surface area contributed by atoms with Crippen LogP contribution < -0.4 is 33.9 Å². The number of amides is 1. The molecule has 1 amide bonds. The number of anilines is 2. The quantitative estimate of drug-likeness (QED) is 0.0524. The number of aliphatic hydroxyl groups is 1. The van der Waals surface area contributed by atoms with E-state index in [0.717, 1.165) is 69.7 Å². The number of piperazine rings is 1. The second-order valence-corrected chi connectivity index (χ2v) is 24.2. The number of halogens is 1. The molecule has 0 unspecified atom stereocenters. The van der Waals surface area contributed by atoms with Gasteiger partial charge in [0.15, 0.2) is 17.2 Å². The minimum absolute atomic E-state index is 0.0651. The van der Waals surface area contributed by atoms with Gasteiger partial charge in [-0.25, -0.2) is 22.5 Å². The van der Waals surface area contributed by atoms with E-state index in [1.165, 1.54) is 29.0 Å². The lowest BCUT2D eigenvalue weighted by atomic mass is 9.59. The van der Waals surface area contributed by atoms with Gasteiger partial charge in [-0.1, -0.05) is 50.2 Å². The molecule has 2 aromatic heterocycles. The number of piperidine rings is 1. The Morgan fingerprint density at radius 2 is 1.72 bits per heavy atom. The molecule has 78 heavy (non-hydrogen) atoms. The summed E-state index contributed by atoms with van der Waals surface area (Å²) in [6.45, 7) is 10.9. The van der Waals surface area contributed by atoms with Crippen molar-refractivity contribution in [2.24, 2.45) is 11.3 Å². The van der Waals surface area contributed by atoms with Crippen LogP contribution in [0.5, 0.6) is 28.7 Å². The van der Waals surface area contributed by atoms with Crippen LogP contribution in [0.1, 0.15) is 111 Å². The second-order valence-electron chi connectivity index (χ2n) is 22.5. The Morgan fingerprint density at radius 3 is 2.45 bits per heavy atom. The summed E-state index contributed by atoms with van der Waals surface area (Å²) in [6.07, 6.45) is 9.38. The minimum Gasteiger partial charge on any atom is -0.497 e. The smallest absolute Gasteiger partial charge is 0.297 e. The predicted molar refractivity (Wildman–Crippen MR) is 293 cm³/mol. The van der Waals surface area contributed by atoms with Crippen molar-refractivity contribution in [3.8, 4) is 28.7 Å². The third kappa shape index (κ3) is 10.8. The number of H-pyrrole nitrogens is 1. The van der Waals surface area contributed by atoms with Crippen molar-refractivity contribution in [2.45, 2.75) is 107 Å². The molecule has 11 rings (SSSR count). The van der Waals surface area contributed by atoms with Gasteiger partial charge >= 0.3 is 0 Å². The minimum atomic E-state index is -4.95. The molecular formula is C58H67FN8O10S. The first-order valence-electron chi connectivity index (χ1n) is 27.0. The number of aromatic nitrogens is 2. The molecule has 5 heterocycles. The molecule has 1 atom stereocenters. The average molecular weight is 1090 g/mol. The molecule has 4 aromatic carbocycles. The van der Waals surface area contributed by atoms with Crippen molar-refractivity contribution in [2.75, 3.05) is 63.4 Å². The summed E-state index contributed by atoms with van der Waals surface area (Å²) in [5, 5.41) is 26.8. The summed E-state index contributed by atoms with van der Waals surface area (Å²) in [5.74, 6) is -1.12. The van der Waals surface area contributed by atoms with Gasteiger partial charge in [-0.15, -0.1) is 0 Å². The SMILES string of the molecule is COc1ccc(CN2CCN(C3CC4(CCN(c5cc(Oc6cnc7[nH]ccc7c6)c(C(=O)NS(=O)(=O)c6cc([N+](=O)[O-])c(NCC7CCC(C)(O)CC7)c7c6OCO7)cc5F)CC4)C3)[C@H](c3ccccc3C(C)C)C2)cc1. The largest absolute Gasteiger partial charge is 0.497 e. The molecule has 1 spiro atoms. The van der Waals surface area contributed by atoms with Crippen LogP contribution in [-0.2, 0) is 16.6 Å². The van der Waals surface area contributed by atoms with Gasteiger partial charge in [0, 0.05) is 81.6 Å². The summed E-state index contributed by atoms with van der Waals surface area (Å²) in [5.41, 5.74) is 2.99. The van der Waals surface area contributed by atoms with Gasteiger partial charge in [-0.3, -0.25) is 24.7 Å². The lowest BCUT2D eigenvalue weighted by Gasteiger charge is -2.58. The van der Waals surface area contributed by atoms with E-state index >= 15 is 4.39 Å². The number of methoxy groups -OCH3 is 1. The van der Waals surface area contributed by atoms with E-state index in [-0.39, 0.29) is 51.7 Å². The summed E-state index contributed by atoms with van der Waals surface area (Å²) in [7, 11) is -3.27. The van der Waals surface area contributed by atoms with Crippen molar-refractivity contribution in [3.63, 3.8) is 0 Å². The number of fused-ring (bicyclic) bond motifs is 2. The predicted octanol–water partition coefficient (Wildman–Crippen LogP) is 10.0. The fraction of sp³-hybridized carbons (Fsp3) is 0.448. The highest BCUT2D eigenvalue weighted by molar-refractivity contribution is 7.90. The second kappa shape index (κ2) is 21.3. The van der Waals surface area contributed by atoms with E-state index < -0.39 is 55.2 Å². The summed E-state index contributed by atoms with van der Waals surface area (Å²) in [6, 6.07) is 24.5. The number of carbonyl (C=O) groups excluding carboxylic acids is 1. The number of nitrogens with one attached hydrogen (secondary N) is 3. The average Bonchev–Trinajstić information content (AvgIpc) is 4.26. The van der Waals surface area contributed by atoms with Crippen LogP contribution in [0.2, 0.25) is 0 Å². The first-order chi connectivity index (χ1) is 37.4. The van der Waals surface area contributed by atoms with Crippen molar-refractivity contribution < 1.29 is 46.6 Å². The van der Waals surface area contributed by atoms with Crippen LogP contribution >= 0.6 is 0 Å². The zero-order chi connectivity index (χ0) is 54.5. The third-order valence-electron chi connectivity index (χ3n) is 17.0. The van der Waals surface area contributed by atoms with Gasteiger partial charge in [-0.2, -0.15) is 0 Å². The number of ether oxygens (including phenoxy) is 4. The summed E-state index contributed by atoms with van der Waals surface area (Å²) < 4.78 is 70.3. The fourth-order valence-electron chi connectivity index (χ4n) is 12.5. The highest BCUT2D eigenvalue weighted by Crippen LogP contribution is 2.54.